The molecular formula is C13H25NO3. The van der Waals surface area contributed by atoms with Crippen LogP contribution in [0.25, 0.3) is 0 Å². The summed E-state index contributed by atoms with van der Waals surface area (Å²) in [6, 6.07) is 0. The average molecular weight is 243 g/mol. The summed E-state index contributed by atoms with van der Waals surface area (Å²) in [7, 11) is 0. The van der Waals surface area contributed by atoms with Gasteiger partial charge in [-0.2, -0.15) is 0 Å². The van der Waals surface area contributed by atoms with Gasteiger partial charge in [0.2, 0.25) is 0 Å². The van der Waals surface area contributed by atoms with Crippen molar-refractivity contribution in [3.05, 3.63) is 12.7 Å². The lowest BCUT2D eigenvalue weighted by Gasteiger charge is -2.31. The van der Waals surface area contributed by atoms with Gasteiger partial charge in [0.15, 0.2) is 0 Å². The van der Waals surface area contributed by atoms with Crippen molar-refractivity contribution in [1.82, 2.24) is 4.90 Å². The lowest BCUT2D eigenvalue weighted by atomic mass is 9.97. The molecule has 0 bridgehead atoms. The van der Waals surface area contributed by atoms with Crippen molar-refractivity contribution in [2.24, 2.45) is 0 Å². The minimum absolute atomic E-state index is 0.197. The van der Waals surface area contributed by atoms with E-state index in [1.807, 2.05) is 18.7 Å². The number of carbonyl (C=O) groups is 1. The summed E-state index contributed by atoms with van der Waals surface area (Å²) in [6.07, 6.45) is 3.06. The predicted molar refractivity (Wildman–Crippen MR) is 68.8 cm³/mol. The second-order valence-electron chi connectivity index (χ2n) is 4.19. The third kappa shape index (κ3) is 6.44. The van der Waals surface area contributed by atoms with Gasteiger partial charge in [0, 0.05) is 13.1 Å². The van der Waals surface area contributed by atoms with Crippen LogP contribution >= 0.6 is 0 Å². The minimum Gasteiger partial charge on any atom is -0.465 e. The summed E-state index contributed by atoms with van der Waals surface area (Å²) >= 11 is 0. The Kier molecular flexibility index (Phi) is 7.83. The van der Waals surface area contributed by atoms with Crippen LogP contribution in [0, 0.1) is 0 Å². The monoisotopic (exact) mass is 243 g/mol. The fourth-order valence-electron chi connectivity index (χ4n) is 1.65. The Morgan fingerprint density at radius 2 is 2.00 bits per heavy atom. The van der Waals surface area contributed by atoms with Crippen molar-refractivity contribution in [2.45, 2.75) is 39.2 Å². The first-order valence-corrected chi connectivity index (χ1v) is 6.22. The third-order valence-electron chi connectivity index (χ3n) is 2.88. The van der Waals surface area contributed by atoms with Gasteiger partial charge in [0.1, 0.15) is 0 Å². The van der Waals surface area contributed by atoms with E-state index in [2.05, 4.69) is 6.58 Å². The van der Waals surface area contributed by atoms with Crippen LogP contribution < -0.4 is 0 Å². The fourth-order valence-corrected chi connectivity index (χ4v) is 1.65. The first-order chi connectivity index (χ1) is 8.01. The second-order valence-corrected chi connectivity index (χ2v) is 4.19. The maximum absolute atomic E-state index is 11.4. The molecule has 0 aliphatic heterocycles. The van der Waals surface area contributed by atoms with E-state index < -0.39 is 5.60 Å². The Morgan fingerprint density at radius 3 is 2.41 bits per heavy atom. The number of esters is 1. The molecule has 0 rings (SSSR count). The van der Waals surface area contributed by atoms with E-state index in [4.69, 9.17) is 4.74 Å². The molecule has 0 aromatic carbocycles. The summed E-state index contributed by atoms with van der Waals surface area (Å²) < 4.78 is 4.90. The van der Waals surface area contributed by atoms with Crippen molar-refractivity contribution in [3.8, 4) is 0 Å². The molecule has 0 aromatic rings. The van der Waals surface area contributed by atoms with E-state index in [9.17, 15) is 9.90 Å². The van der Waals surface area contributed by atoms with Crippen LogP contribution in [-0.4, -0.2) is 47.8 Å². The first kappa shape index (κ1) is 16.1. The van der Waals surface area contributed by atoms with E-state index in [-0.39, 0.29) is 12.5 Å². The molecule has 0 amide bonds. The van der Waals surface area contributed by atoms with E-state index in [1.165, 1.54) is 0 Å². The highest BCUT2D eigenvalue weighted by Gasteiger charge is 2.26. The molecule has 0 heterocycles. The smallest absolute Gasteiger partial charge is 0.320 e. The highest BCUT2D eigenvalue weighted by Crippen LogP contribution is 2.16. The van der Waals surface area contributed by atoms with Crippen molar-refractivity contribution in [2.75, 3.05) is 26.2 Å². The first-order valence-electron chi connectivity index (χ1n) is 6.22. The van der Waals surface area contributed by atoms with Crippen molar-refractivity contribution >= 4 is 5.97 Å². The molecule has 4 nitrogen and oxygen atoms in total. The molecule has 100 valence electrons. The largest absolute Gasteiger partial charge is 0.465 e. The molecular weight excluding hydrogens is 218 g/mol. The van der Waals surface area contributed by atoms with E-state index >= 15 is 0 Å². The summed E-state index contributed by atoms with van der Waals surface area (Å²) in [5, 5.41) is 10.2. The Morgan fingerprint density at radius 1 is 1.41 bits per heavy atom. The number of hydrogen-bond donors (Lipinski definition) is 1. The van der Waals surface area contributed by atoms with E-state index in [0.29, 0.717) is 32.5 Å². The molecule has 4 heteroatoms. The average Bonchev–Trinajstić information content (AvgIpc) is 2.29. The molecule has 0 aromatic heterocycles. The Balaban J connectivity index is 4.41. The zero-order valence-corrected chi connectivity index (χ0v) is 11.2. The van der Waals surface area contributed by atoms with Gasteiger partial charge in [-0.15, -0.1) is 6.58 Å². The molecule has 0 spiro atoms. The normalized spacial score (nSPS) is 11.6. The Hall–Kier alpha value is -0.870. The lowest BCUT2D eigenvalue weighted by molar-refractivity contribution is -0.145. The number of rotatable bonds is 9. The predicted octanol–water partition coefficient (Wildman–Crippen LogP) is 1.59. The Bertz CT molecular complexity index is 237. The zero-order chi connectivity index (χ0) is 13.3. The summed E-state index contributed by atoms with van der Waals surface area (Å²) in [4.78, 5) is 13.3. The number of carbonyl (C=O) groups excluding carboxylic acids is 1. The van der Waals surface area contributed by atoms with Crippen LogP contribution in [0.2, 0.25) is 0 Å². The SMILES string of the molecule is C=CCN(CC(=O)OCC)CC(O)(CC)CC. The number of ether oxygens (including phenoxy) is 1. The van der Waals surface area contributed by atoms with Gasteiger partial charge in [-0.05, 0) is 19.8 Å². The molecule has 0 saturated carbocycles. The second kappa shape index (κ2) is 8.25. The van der Waals surface area contributed by atoms with Gasteiger partial charge < -0.3 is 9.84 Å². The minimum atomic E-state index is -0.741. The van der Waals surface area contributed by atoms with Gasteiger partial charge in [0.05, 0.1) is 18.8 Å². The zero-order valence-electron chi connectivity index (χ0n) is 11.2. The van der Waals surface area contributed by atoms with Crippen LogP contribution in [0.15, 0.2) is 12.7 Å². The Labute approximate surface area is 104 Å². The van der Waals surface area contributed by atoms with Gasteiger partial charge in [0.25, 0.3) is 0 Å². The number of aliphatic hydroxyl groups is 1. The molecule has 0 aliphatic carbocycles. The third-order valence-corrected chi connectivity index (χ3v) is 2.88. The molecule has 0 atom stereocenters. The van der Waals surface area contributed by atoms with Crippen molar-refractivity contribution < 1.29 is 14.6 Å². The highest BCUT2D eigenvalue weighted by atomic mass is 16.5. The van der Waals surface area contributed by atoms with Crippen molar-refractivity contribution in [1.29, 1.82) is 0 Å². The number of hydrogen-bond acceptors (Lipinski definition) is 4. The van der Waals surface area contributed by atoms with Gasteiger partial charge >= 0.3 is 5.97 Å². The highest BCUT2D eigenvalue weighted by molar-refractivity contribution is 5.71. The van der Waals surface area contributed by atoms with Crippen LogP contribution in [0.1, 0.15) is 33.6 Å². The van der Waals surface area contributed by atoms with Crippen LogP contribution in [-0.2, 0) is 9.53 Å². The molecule has 0 aliphatic rings. The molecule has 1 N–H and O–H groups in total. The molecule has 17 heavy (non-hydrogen) atoms. The maximum Gasteiger partial charge on any atom is 0.320 e. The standard InChI is InChI=1S/C13H25NO3/c1-5-9-14(10-12(15)17-8-4)11-13(16,6-2)7-3/h5,16H,1,6-11H2,2-4H3. The number of nitrogens with zero attached hydrogens (tertiary/aromatic N) is 1. The molecule has 0 unspecified atom stereocenters. The van der Waals surface area contributed by atoms with Crippen LogP contribution in [0.4, 0.5) is 0 Å². The quantitative estimate of drug-likeness (QED) is 0.493. The van der Waals surface area contributed by atoms with Gasteiger partial charge in [-0.1, -0.05) is 19.9 Å². The van der Waals surface area contributed by atoms with Crippen LogP contribution in [0.5, 0.6) is 0 Å². The fraction of sp³-hybridized carbons (Fsp3) is 0.769. The van der Waals surface area contributed by atoms with E-state index in [0.717, 1.165) is 0 Å². The summed E-state index contributed by atoms with van der Waals surface area (Å²) in [6.45, 7) is 10.9. The summed E-state index contributed by atoms with van der Waals surface area (Å²) in [5.74, 6) is -0.260. The van der Waals surface area contributed by atoms with Crippen molar-refractivity contribution in [3.63, 3.8) is 0 Å². The summed E-state index contributed by atoms with van der Waals surface area (Å²) in [5.41, 5.74) is -0.741. The van der Waals surface area contributed by atoms with Gasteiger partial charge in [-0.3, -0.25) is 9.69 Å². The van der Waals surface area contributed by atoms with Crippen LogP contribution in [0.3, 0.4) is 0 Å². The maximum atomic E-state index is 11.4. The van der Waals surface area contributed by atoms with Gasteiger partial charge in [-0.25, -0.2) is 0 Å². The lowest BCUT2D eigenvalue weighted by Crippen LogP contribution is -2.44. The molecule has 0 saturated heterocycles. The van der Waals surface area contributed by atoms with E-state index in [1.54, 1.807) is 13.0 Å². The molecule has 0 fully saturated rings. The topological polar surface area (TPSA) is 49.8 Å². The molecule has 0 radical (unpaired) electrons.